The second-order valence-corrected chi connectivity index (χ2v) is 11.8. The molecule has 3 rings (SSSR count). The van der Waals surface area contributed by atoms with Crippen molar-refractivity contribution in [3.8, 4) is 5.75 Å². The van der Waals surface area contributed by atoms with Gasteiger partial charge in [-0.1, -0.05) is 64.6 Å². The van der Waals surface area contributed by atoms with Gasteiger partial charge in [0.05, 0.1) is 18.8 Å². The van der Waals surface area contributed by atoms with E-state index >= 15 is 0 Å². The summed E-state index contributed by atoms with van der Waals surface area (Å²) in [5, 5.41) is 19.4. The Morgan fingerprint density at radius 2 is 1.82 bits per heavy atom. The highest BCUT2D eigenvalue weighted by Crippen LogP contribution is 2.40. The summed E-state index contributed by atoms with van der Waals surface area (Å²) < 4.78 is 17.6. The van der Waals surface area contributed by atoms with E-state index in [2.05, 4.69) is 46.8 Å². The molecule has 6 nitrogen and oxygen atoms in total. The molecule has 0 aromatic heterocycles. The van der Waals surface area contributed by atoms with E-state index in [1.807, 2.05) is 30.4 Å². The topological polar surface area (TPSA) is 85.2 Å². The quantitative estimate of drug-likeness (QED) is 0.279. The summed E-state index contributed by atoms with van der Waals surface area (Å²) in [5.41, 5.74) is 2.74. The number of carbonyl (C=O) groups excluding carboxylic acids is 1. The molecule has 0 radical (unpaired) electrons. The average molecular weight is 545 g/mol. The lowest BCUT2D eigenvalue weighted by molar-refractivity contribution is -0.106. The van der Waals surface area contributed by atoms with E-state index in [1.54, 1.807) is 0 Å². The highest BCUT2D eigenvalue weighted by Gasteiger charge is 2.32. The number of rotatable bonds is 15. The summed E-state index contributed by atoms with van der Waals surface area (Å²) in [6.07, 6.45) is 9.50. The van der Waals surface area contributed by atoms with Gasteiger partial charge in [0.1, 0.15) is 18.1 Å². The lowest BCUT2D eigenvalue weighted by atomic mass is 9.91. The molecular formula is C31H44O6S. The van der Waals surface area contributed by atoms with Crippen LogP contribution in [0.3, 0.4) is 0 Å². The van der Waals surface area contributed by atoms with E-state index < -0.39 is 6.10 Å². The molecule has 3 unspecified atom stereocenters. The van der Waals surface area contributed by atoms with Crippen molar-refractivity contribution in [1.82, 2.24) is 0 Å². The zero-order chi connectivity index (χ0) is 27.7. The number of hydrogen-bond donors (Lipinski definition) is 2. The fourth-order valence-corrected chi connectivity index (χ4v) is 5.97. The molecule has 1 aliphatic carbocycles. The van der Waals surface area contributed by atoms with E-state index in [0.29, 0.717) is 43.7 Å². The first-order chi connectivity index (χ1) is 18.2. The Hall–Kier alpha value is -2.06. The lowest BCUT2D eigenvalue weighted by Crippen LogP contribution is -2.28. The summed E-state index contributed by atoms with van der Waals surface area (Å²) in [5.74, 6) is 2.40. The number of carbonyl (C=O) groups is 1. The second kappa shape index (κ2) is 14.9. The standard InChI is InChI=1S/C31H44O6S/c1-6-22-16-25(35-14-7-13-32)10-11-27(22)28-17-23-8-9-26(18-29(23)38-31(28)34)37-19-24(33)12-15-36-30(20(2)3)21(4)5/h8-11,16-18,20-21,23-24,29-30,32-33H,6-7,12-15,19H2,1-5H3. The van der Waals surface area contributed by atoms with Crippen LogP contribution < -0.4 is 4.74 Å². The maximum atomic E-state index is 13.1. The van der Waals surface area contributed by atoms with Crippen molar-refractivity contribution in [1.29, 1.82) is 0 Å². The van der Waals surface area contributed by atoms with E-state index in [-0.39, 0.29) is 35.6 Å². The normalized spacial score (nSPS) is 20.0. The molecule has 1 aromatic rings. The highest BCUT2D eigenvalue weighted by atomic mass is 32.2. The van der Waals surface area contributed by atoms with Gasteiger partial charge in [0.25, 0.3) is 0 Å². The number of thioether (sulfide) groups is 1. The summed E-state index contributed by atoms with van der Waals surface area (Å²) in [6, 6.07) is 5.84. The fourth-order valence-electron chi connectivity index (χ4n) is 4.89. The largest absolute Gasteiger partial charge is 0.493 e. The van der Waals surface area contributed by atoms with Gasteiger partial charge in [-0.05, 0) is 53.7 Å². The molecule has 0 spiro atoms. The molecule has 2 aliphatic rings. The van der Waals surface area contributed by atoms with Gasteiger partial charge in [-0.3, -0.25) is 4.79 Å². The minimum atomic E-state index is -0.614. The number of ether oxygens (including phenoxy) is 3. The molecule has 0 bridgehead atoms. The van der Waals surface area contributed by atoms with E-state index in [1.165, 1.54) is 11.8 Å². The van der Waals surface area contributed by atoms with Crippen LogP contribution in [0.4, 0.5) is 0 Å². The summed E-state index contributed by atoms with van der Waals surface area (Å²) in [6.45, 7) is 11.9. The third kappa shape index (κ3) is 8.47. The minimum Gasteiger partial charge on any atom is -0.493 e. The molecule has 1 aliphatic heterocycles. The first-order valence-electron chi connectivity index (χ1n) is 13.9. The van der Waals surface area contributed by atoms with Crippen molar-refractivity contribution < 1.29 is 29.2 Å². The van der Waals surface area contributed by atoms with Gasteiger partial charge >= 0.3 is 0 Å². The van der Waals surface area contributed by atoms with Gasteiger partial charge < -0.3 is 24.4 Å². The van der Waals surface area contributed by atoms with Crippen LogP contribution in [0.15, 0.2) is 48.3 Å². The Balaban J connectivity index is 1.57. The van der Waals surface area contributed by atoms with Gasteiger partial charge in [-0.15, -0.1) is 0 Å². The number of hydrogen-bond acceptors (Lipinski definition) is 7. The van der Waals surface area contributed by atoms with Crippen LogP contribution in [0.25, 0.3) is 5.57 Å². The van der Waals surface area contributed by atoms with Crippen molar-refractivity contribution >= 4 is 22.5 Å². The van der Waals surface area contributed by atoms with Crippen molar-refractivity contribution in [2.45, 2.75) is 71.3 Å². The second-order valence-electron chi connectivity index (χ2n) is 10.6. The number of fused-ring (bicyclic) bond motifs is 1. The third-order valence-corrected chi connectivity index (χ3v) is 8.01. The van der Waals surface area contributed by atoms with Crippen LogP contribution in [0.1, 0.15) is 58.6 Å². The zero-order valence-corrected chi connectivity index (χ0v) is 24.2. The zero-order valence-electron chi connectivity index (χ0n) is 23.4. The van der Waals surface area contributed by atoms with Crippen molar-refractivity contribution in [2.75, 3.05) is 26.4 Å². The van der Waals surface area contributed by atoms with Crippen LogP contribution in [0, 0.1) is 17.8 Å². The van der Waals surface area contributed by atoms with Gasteiger partial charge in [-0.25, -0.2) is 0 Å². The Bertz CT molecular complexity index is 1000. The number of aliphatic hydroxyl groups excluding tert-OH is 2. The number of aliphatic hydroxyl groups is 2. The molecule has 1 heterocycles. The first kappa shape index (κ1) is 30.5. The Labute approximate surface area is 232 Å². The minimum absolute atomic E-state index is 0.0317. The molecular weight excluding hydrogens is 500 g/mol. The SMILES string of the molecule is CCc1cc(OCCCO)ccc1C1=CC2C=CC(OCC(O)CCOC(C(C)C)C(C)C)=CC2SC1=O. The molecule has 1 aromatic carbocycles. The van der Waals surface area contributed by atoms with E-state index in [9.17, 15) is 9.90 Å². The van der Waals surface area contributed by atoms with E-state index in [4.69, 9.17) is 19.3 Å². The van der Waals surface area contributed by atoms with Gasteiger partial charge in [-0.2, -0.15) is 0 Å². The van der Waals surface area contributed by atoms with Crippen molar-refractivity contribution in [2.24, 2.45) is 17.8 Å². The molecule has 2 N–H and O–H groups in total. The fraction of sp³-hybridized carbons (Fsp3) is 0.581. The molecule has 0 amide bonds. The lowest BCUT2D eigenvalue weighted by Gasteiger charge is -2.29. The van der Waals surface area contributed by atoms with E-state index in [0.717, 1.165) is 28.9 Å². The number of aryl methyl sites for hydroxylation is 1. The Morgan fingerprint density at radius 1 is 1.05 bits per heavy atom. The van der Waals surface area contributed by atoms with Crippen molar-refractivity contribution in [3.63, 3.8) is 0 Å². The molecule has 0 saturated heterocycles. The highest BCUT2D eigenvalue weighted by molar-refractivity contribution is 8.15. The van der Waals surface area contributed by atoms with Gasteiger partial charge in [0, 0.05) is 42.8 Å². The molecule has 38 heavy (non-hydrogen) atoms. The Morgan fingerprint density at radius 3 is 2.50 bits per heavy atom. The predicted molar refractivity (Wildman–Crippen MR) is 154 cm³/mol. The number of allylic oxidation sites excluding steroid dienone is 3. The van der Waals surface area contributed by atoms with Crippen LogP contribution in [-0.2, 0) is 20.7 Å². The number of benzene rings is 1. The molecule has 3 atom stereocenters. The van der Waals surface area contributed by atoms with Crippen LogP contribution in [0.2, 0.25) is 0 Å². The van der Waals surface area contributed by atoms with Crippen molar-refractivity contribution in [3.05, 3.63) is 59.4 Å². The molecule has 210 valence electrons. The van der Waals surface area contributed by atoms with Gasteiger partial charge in [0.15, 0.2) is 0 Å². The summed E-state index contributed by atoms with van der Waals surface area (Å²) >= 11 is 1.32. The molecule has 7 heteroatoms. The summed E-state index contributed by atoms with van der Waals surface area (Å²) in [7, 11) is 0. The third-order valence-electron chi connectivity index (χ3n) is 6.85. The van der Waals surface area contributed by atoms with Crippen LogP contribution >= 0.6 is 11.8 Å². The molecule has 0 saturated carbocycles. The van der Waals surface area contributed by atoms with Crippen LogP contribution in [0.5, 0.6) is 5.75 Å². The first-order valence-corrected chi connectivity index (χ1v) is 14.7. The smallest absolute Gasteiger partial charge is 0.220 e. The monoisotopic (exact) mass is 544 g/mol. The maximum Gasteiger partial charge on any atom is 0.220 e. The predicted octanol–water partition coefficient (Wildman–Crippen LogP) is 5.57. The Kier molecular flexibility index (Phi) is 12.0. The van der Waals surface area contributed by atoms with Gasteiger partial charge in [0.2, 0.25) is 5.12 Å². The molecule has 0 fully saturated rings. The maximum absolute atomic E-state index is 13.1. The summed E-state index contributed by atoms with van der Waals surface area (Å²) in [4.78, 5) is 13.1. The average Bonchev–Trinajstić information content (AvgIpc) is 2.89. The van der Waals surface area contributed by atoms with Crippen LogP contribution in [-0.4, -0.2) is 59.2 Å².